The molecule has 1 heterocycles. The number of pyridine rings is 1. The van der Waals surface area contributed by atoms with Crippen molar-refractivity contribution in [1.82, 2.24) is 4.98 Å². The van der Waals surface area contributed by atoms with Crippen LogP contribution in [0.15, 0.2) is 39.8 Å². The van der Waals surface area contributed by atoms with Gasteiger partial charge in [-0.2, -0.15) is 0 Å². The van der Waals surface area contributed by atoms with Crippen molar-refractivity contribution in [3.8, 4) is 5.75 Å². The van der Waals surface area contributed by atoms with Crippen molar-refractivity contribution in [2.24, 2.45) is 0 Å². The predicted molar refractivity (Wildman–Crippen MR) is 80.7 cm³/mol. The van der Waals surface area contributed by atoms with Crippen LogP contribution in [-0.4, -0.2) is 20.5 Å². The minimum atomic E-state index is -3.99. The van der Waals surface area contributed by atoms with Gasteiger partial charge in [-0.25, -0.2) is 17.8 Å². The summed E-state index contributed by atoms with van der Waals surface area (Å²) >= 11 is 8.85. The summed E-state index contributed by atoms with van der Waals surface area (Å²) in [6, 6.07) is 5.29. The number of nitrogens with zero attached hydrogens (tertiary/aromatic N) is 1. The van der Waals surface area contributed by atoms with Crippen LogP contribution in [0.25, 0.3) is 0 Å². The molecule has 0 radical (unpaired) electrons. The molecule has 0 aliphatic heterocycles. The molecule has 0 saturated heterocycles. The van der Waals surface area contributed by atoms with Crippen molar-refractivity contribution in [2.75, 3.05) is 11.8 Å². The van der Waals surface area contributed by atoms with Gasteiger partial charge in [0.2, 0.25) is 0 Å². The van der Waals surface area contributed by atoms with E-state index in [0.717, 1.165) is 12.3 Å². The molecule has 0 saturated carbocycles. The monoisotopic (exact) mass is 394 g/mol. The molecule has 2 rings (SSSR count). The molecule has 9 heteroatoms. The lowest BCUT2D eigenvalue weighted by atomic mass is 10.3. The van der Waals surface area contributed by atoms with E-state index in [1.54, 1.807) is 0 Å². The van der Waals surface area contributed by atoms with Gasteiger partial charge in [0.05, 0.1) is 17.8 Å². The lowest BCUT2D eigenvalue weighted by Crippen LogP contribution is -2.15. The molecular formula is C12H9BrClFN2O3S. The van der Waals surface area contributed by atoms with Gasteiger partial charge in [-0.3, -0.25) is 4.72 Å². The molecule has 1 N–H and O–H groups in total. The van der Waals surface area contributed by atoms with Crippen LogP contribution < -0.4 is 9.46 Å². The molecule has 0 atom stereocenters. The van der Waals surface area contributed by atoms with E-state index in [4.69, 9.17) is 16.3 Å². The van der Waals surface area contributed by atoms with Crippen LogP contribution in [-0.2, 0) is 10.0 Å². The van der Waals surface area contributed by atoms with Crippen molar-refractivity contribution in [3.05, 3.63) is 45.8 Å². The van der Waals surface area contributed by atoms with Gasteiger partial charge >= 0.3 is 0 Å². The van der Waals surface area contributed by atoms with Crippen molar-refractivity contribution in [2.45, 2.75) is 4.90 Å². The van der Waals surface area contributed by atoms with Crippen molar-refractivity contribution >= 4 is 43.4 Å². The maximum Gasteiger partial charge on any atom is 0.266 e. The zero-order valence-electron chi connectivity index (χ0n) is 10.6. The van der Waals surface area contributed by atoms with Gasteiger partial charge in [-0.05, 0) is 40.2 Å². The fourth-order valence-corrected chi connectivity index (χ4v) is 3.55. The number of aromatic nitrogens is 1. The number of methoxy groups -OCH3 is 1. The summed E-state index contributed by atoms with van der Waals surface area (Å²) in [4.78, 5) is 3.54. The molecule has 5 nitrogen and oxygen atoms in total. The third-order valence-corrected chi connectivity index (χ3v) is 4.65. The number of hydrogen-bond donors (Lipinski definition) is 1. The summed E-state index contributed by atoms with van der Waals surface area (Å²) in [5.74, 6) is -0.506. The Kier molecular flexibility index (Phi) is 4.70. The Balaban J connectivity index is 2.45. The first kappa shape index (κ1) is 16.0. The number of benzene rings is 1. The second-order valence-corrected chi connectivity index (χ2v) is 6.83. The van der Waals surface area contributed by atoms with E-state index < -0.39 is 15.8 Å². The summed E-state index contributed by atoms with van der Waals surface area (Å²) in [6.07, 6.45) is 0.901. The van der Waals surface area contributed by atoms with E-state index in [-0.39, 0.29) is 26.0 Å². The van der Waals surface area contributed by atoms with Gasteiger partial charge < -0.3 is 4.74 Å². The largest absolute Gasteiger partial charge is 0.495 e. The summed E-state index contributed by atoms with van der Waals surface area (Å²) in [5, 5.41) is 0.238. The highest BCUT2D eigenvalue weighted by atomic mass is 79.9. The average molecular weight is 396 g/mol. The molecular weight excluding hydrogens is 387 g/mol. The smallest absolute Gasteiger partial charge is 0.266 e. The molecule has 1 aromatic heterocycles. The van der Waals surface area contributed by atoms with Crippen LogP contribution in [0.5, 0.6) is 5.75 Å². The molecule has 112 valence electrons. The molecule has 0 bridgehead atoms. The van der Waals surface area contributed by atoms with Crippen molar-refractivity contribution in [1.29, 1.82) is 0 Å². The second-order valence-electron chi connectivity index (χ2n) is 3.88. The van der Waals surface area contributed by atoms with E-state index in [1.165, 1.54) is 25.3 Å². The van der Waals surface area contributed by atoms with E-state index >= 15 is 0 Å². The lowest BCUT2D eigenvalue weighted by molar-refractivity contribution is 0.403. The van der Waals surface area contributed by atoms with E-state index in [0.29, 0.717) is 0 Å². The number of hydrogen-bond acceptors (Lipinski definition) is 4. The molecule has 2 aromatic rings. The van der Waals surface area contributed by atoms with Gasteiger partial charge in [0.15, 0.2) is 5.82 Å². The number of anilines is 1. The number of rotatable bonds is 4. The third-order valence-electron chi connectivity index (χ3n) is 2.45. The zero-order valence-corrected chi connectivity index (χ0v) is 13.8. The Bertz CT molecular complexity index is 786. The molecule has 0 amide bonds. The van der Waals surface area contributed by atoms with Crippen LogP contribution in [0.4, 0.5) is 10.2 Å². The average Bonchev–Trinajstić information content (AvgIpc) is 2.42. The maximum absolute atomic E-state index is 13.0. The fourth-order valence-electron chi connectivity index (χ4n) is 1.53. The van der Waals surface area contributed by atoms with E-state index in [1.807, 2.05) is 0 Å². The first-order chi connectivity index (χ1) is 9.83. The summed E-state index contributed by atoms with van der Waals surface area (Å²) < 4.78 is 45.1. The first-order valence-corrected chi connectivity index (χ1v) is 8.16. The van der Waals surface area contributed by atoms with Crippen LogP contribution in [0, 0.1) is 5.82 Å². The molecule has 0 aliphatic carbocycles. The standard InChI is InChI=1S/C12H9BrClFN2O3S/c1-20-10-3-2-7(14)4-11(10)21(18,19)17-12-9(13)5-8(15)6-16-12/h2-6H,1H3,(H,16,17). The summed E-state index contributed by atoms with van der Waals surface area (Å²) in [5.41, 5.74) is 0. The summed E-state index contributed by atoms with van der Waals surface area (Å²) in [7, 11) is -2.65. The molecule has 21 heavy (non-hydrogen) atoms. The first-order valence-electron chi connectivity index (χ1n) is 5.51. The number of halogens is 3. The van der Waals surface area contributed by atoms with Gasteiger partial charge in [-0.1, -0.05) is 11.6 Å². The fraction of sp³-hybridized carbons (Fsp3) is 0.0833. The molecule has 0 spiro atoms. The highest BCUT2D eigenvalue weighted by Gasteiger charge is 2.21. The van der Waals surface area contributed by atoms with Crippen LogP contribution >= 0.6 is 27.5 Å². The third kappa shape index (κ3) is 3.63. The Labute approximate surface area is 134 Å². The van der Waals surface area contributed by atoms with E-state index in [2.05, 4.69) is 25.6 Å². The maximum atomic E-state index is 13.0. The van der Waals surface area contributed by atoms with Crippen molar-refractivity contribution in [3.63, 3.8) is 0 Å². The molecule has 1 aromatic carbocycles. The van der Waals surface area contributed by atoms with Gasteiger partial charge in [0.1, 0.15) is 16.5 Å². The number of ether oxygens (including phenoxy) is 1. The highest BCUT2D eigenvalue weighted by molar-refractivity contribution is 9.10. The minimum absolute atomic E-state index is 0.0431. The topological polar surface area (TPSA) is 68.3 Å². The predicted octanol–water partition coefficient (Wildman–Crippen LogP) is 3.45. The Morgan fingerprint density at radius 1 is 1.38 bits per heavy atom. The Hall–Kier alpha value is -1.38. The Morgan fingerprint density at radius 2 is 2.10 bits per heavy atom. The van der Waals surface area contributed by atoms with Crippen LogP contribution in [0.1, 0.15) is 0 Å². The van der Waals surface area contributed by atoms with Crippen LogP contribution in [0.2, 0.25) is 5.02 Å². The van der Waals surface area contributed by atoms with Crippen LogP contribution in [0.3, 0.4) is 0 Å². The summed E-state index contributed by atoms with van der Waals surface area (Å²) in [6.45, 7) is 0. The molecule has 0 fully saturated rings. The van der Waals surface area contributed by atoms with Gasteiger partial charge in [0.25, 0.3) is 10.0 Å². The number of sulfonamides is 1. The van der Waals surface area contributed by atoms with Gasteiger partial charge in [-0.15, -0.1) is 0 Å². The Morgan fingerprint density at radius 3 is 2.71 bits per heavy atom. The lowest BCUT2D eigenvalue weighted by Gasteiger charge is -2.12. The van der Waals surface area contributed by atoms with Crippen molar-refractivity contribution < 1.29 is 17.5 Å². The number of nitrogens with one attached hydrogen (secondary N) is 1. The van der Waals surface area contributed by atoms with E-state index in [9.17, 15) is 12.8 Å². The van der Waals surface area contributed by atoms with Gasteiger partial charge in [0, 0.05) is 5.02 Å². The molecule has 0 unspecified atom stereocenters. The highest BCUT2D eigenvalue weighted by Crippen LogP contribution is 2.30. The second kappa shape index (κ2) is 6.17. The molecule has 0 aliphatic rings. The SMILES string of the molecule is COc1ccc(Cl)cc1S(=O)(=O)Nc1ncc(F)cc1Br. The normalized spacial score (nSPS) is 11.2. The minimum Gasteiger partial charge on any atom is -0.495 e. The quantitative estimate of drug-likeness (QED) is 0.861. The zero-order chi connectivity index (χ0) is 15.6.